The lowest BCUT2D eigenvalue weighted by atomic mass is 10.1. The van der Waals surface area contributed by atoms with E-state index >= 15 is 0 Å². The Bertz CT molecular complexity index is 1110. The van der Waals surface area contributed by atoms with Crippen LogP contribution in [-0.2, 0) is 11.3 Å². The number of rotatable bonds is 12. The van der Waals surface area contributed by atoms with E-state index in [-0.39, 0.29) is 18.4 Å². The third-order valence-electron chi connectivity index (χ3n) is 5.23. The number of benzene rings is 1. The van der Waals surface area contributed by atoms with Gasteiger partial charge in [0.1, 0.15) is 11.5 Å². The maximum absolute atomic E-state index is 13.4. The zero-order valence-corrected chi connectivity index (χ0v) is 18.5. The van der Waals surface area contributed by atoms with E-state index in [1.54, 1.807) is 47.4 Å². The van der Waals surface area contributed by atoms with Crippen LogP contribution in [0.2, 0.25) is 0 Å². The number of unbranched alkanes of at least 4 members (excludes halogenated alkanes) is 2. The quantitative estimate of drug-likeness (QED) is 0.347. The highest BCUT2D eigenvalue weighted by molar-refractivity contribution is 7.08. The smallest absolute Gasteiger partial charge is 0.303 e. The topological polar surface area (TPSA) is 80.0 Å². The van der Waals surface area contributed by atoms with Crippen LogP contribution >= 0.6 is 11.3 Å². The number of aliphatic carboxylic acids is 1. The van der Waals surface area contributed by atoms with Gasteiger partial charge in [0, 0.05) is 34.5 Å². The second-order valence-corrected chi connectivity index (χ2v) is 8.52. The van der Waals surface area contributed by atoms with E-state index in [9.17, 15) is 9.59 Å². The second kappa shape index (κ2) is 10.5. The Labute approximate surface area is 194 Å². The van der Waals surface area contributed by atoms with Crippen LogP contribution in [0.3, 0.4) is 0 Å². The molecule has 1 saturated carbocycles. The van der Waals surface area contributed by atoms with Gasteiger partial charge in [-0.2, -0.15) is 0 Å². The molecular formula is C25H27NO5S. The molecule has 32 heavy (non-hydrogen) atoms. The van der Waals surface area contributed by atoms with Gasteiger partial charge in [-0.05, 0) is 61.7 Å². The summed E-state index contributed by atoms with van der Waals surface area (Å²) in [5, 5.41) is 12.2. The number of hydrogen-bond acceptors (Lipinski definition) is 5. The second-order valence-electron chi connectivity index (χ2n) is 7.78. The number of carboxylic acid groups (broad SMARTS) is 1. The van der Waals surface area contributed by atoms with Crippen molar-refractivity contribution in [3.63, 3.8) is 0 Å². The van der Waals surface area contributed by atoms with Crippen molar-refractivity contribution in [2.24, 2.45) is 0 Å². The molecule has 1 fully saturated rings. The first kappa shape index (κ1) is 19.6. The summed E-state index contributed by atoms with van der Waals surface area (Å²) in [6.07, 6.45) is 5.23. The fourth-order valence-corrected chi connectivity index (χ4v) is 4.04. The highest BCUT2D eigenvalue weighted by Gasteiger charge is 2.33. The zero-order valence-electron chi connectivity index (χ0n) is 19.7. The Morgan fingerprint density at radius 2 is 1.97 bits per heavy atom. The molecule has 0 spiro atoms. The van der Waals surface area contributed by atoms with Crippen molar-refractivity contribution in [2.75, 3.05) is 6.61 Å². The first-order valence-corrected chi connectivity index (χ1v) is 11.7. The number of carboxylic acids is 1. The van der Waals surface area contributed by atoms with Crippen molar-refractivity contribution in [1.29, 1.82) is 0 Å². The van der Waals surface area contributed by atoms with Crippen molar-refractivity contribution in [3.8, 4) is 17.1 Å². The number of ether oxygens (including phenoxy) is 1. The predicted molar refractivity (Wildman–Crippen MR) is 123 cm³/mol. The van der Waals surface area contributed by atoms with Crippen LogP contribution in [0.25, 0.3) is 11.3 Å². The van der Waals surface area contributed by atoms with Crippen molar-refractivity contribution in [2.45, 2.75) is 51.1 Å². The molecule has 0 aliphatic heterocycles. The molecule has 3 aromatic rings. The van der Waals surface area contributed by atoms with Gasteiger partial charge >= 0.3 is 5.97 Å². The summed E-state index contributed by atoms with van der Waals surface area (Å²) in [6, 6.07) is 10.5. The van der Waals surface area contributed by atoms with Gasteiger partial charge in [0.2, 0.25) is 0 Å². The van der Waals surface area contributed by atoms with Gasteiger partial charge in [0.15, 0.2) is 0 Å². The molecule has 0 unspecified atom stereocenters. The molecule has 6 nitrogen and oxygen atoms in total. The number of furan rings is 1. The van der Waals surface area contributed by atoms with Gasteiger partial charge in [-0.1, -0.05) is 12.1 Å². The molecule has 1 aromatic carbocycles. The molecule has 0 radical (unpaired) electrons. The first-order valence-electron chi connectivity index (χ1n) is 11.8. The molecule has 1 aliphatic rings. The molecule has 1 amide bonds. The van der Waals surface area contributed by atoms with Gasteiger partial charge in [0.05, 0.1) is 22.1 Å². The minimum absolute atomic E-state index is 0.132. The molecule has 2 heterocycles. The van der Waals surface area contributed by atoms with E-state index in [1.807, 2.05) is 6.07 Å². The Balaban J connectivity index is 1.46. The molecule has 0 bridgehead atoms. The highest BCUT2D eigenvalue weighted by Crippen LogP contribution is 2.33. The van der Waals surface area contributed by atoms with Gasteiger partial charge in [-0.3, -0.25) is 9.59 Å². The van der Waals surface area contributed by atoms with E-state index in [2.05, 4.69) is 0 Å². The van der Waals surface area contributed by atoms with Crippen LogP contribution in [0.4, 0.5) is 0 Å². The van der Waals surface area contributed by atoms with E-state index in [1.165, 1.54) is 16.2 Å². The minimum Gasteiger partial charge on any atom is -0.492 e. The largest absolute Gasteiger partial charge is 0.492 e. The summed E-state index contributed by atoms with van der Waals surface area (Å²) in [4.78, 5) is 25.4. The Morgan fingerprint density at radius 3 is 2.66 bits per heavy atom. The third-order valence-corrected chi connectivity index (χ3v) is 5.95. The molecule has 2 aromatic heterocycles. The number of carbonyl (C=O) groups excluding carboxylic acids is 1. The van der Waals surface area contributed by atoms with Crippen molar-refractivity contribution < 1.29 is 26.6 Å². The molecule has 1 aliphatic carbocycles. The van der Waals surface area contributed by atoms with Crippen LogP contribution in [0.5, 0.6) is 5.75 Å². The summed E-state index contributed by atoms with van der Waals surface area (Å²) >= 11 is 1.33. The molecule has 1 N–H and O–H groups in total. The molecule has 168 valence electrons. The molecule has 7 heteroatoms. The van der Waals surface area contributed by atoms with Crippen LogP contribution in [0, 0.1) is 0 Å². The third kappa shape index (κ3) is 5.79. The lowest BCUT2D eigenvalue weighted by Gasteiger charge is -2.23. The monoisotopic (exact) mass is 455 g/mol. The standard InChI is InChI=1S/C25H27NO5S/c27-24(28)6-2-1-3-13-31-23-17-32-16-20(23)15-26(21-11-12-21)25(29)19-9-7-18(8-10-19)22-5-4-14-30-22/h4-5,7-10,14,16-17,21H,1-3,6,11-13,15H2,(H,27,28)/i15D2. The van der Waals surface area contributed by atoms with Gasteiger partial charge in [-0.25, -0.2) is 0 Å². The number of nitrogens with zero attached hydrogens (tertiary/aromatic N) is 1. The minimum atomic E-state index is -2.03. The van der Waals surface area contributed by atoms with Gasteiger partial charge < -0.3 is 19.2 Å². The van der Waals surface area contributed by atoms with Gasteiger partial charge in [-0.15, -0.1) is 11.3 Å². The van der Waals surface area contributed by atoms with Crippen LogP contribution in [0.15, 0.2) is 57.8 Å². The Hall–Kier alpha value is -3.06. The number of amides is 1. The normalized spacial score (nSPS) is 14.5. The summed E-state index contributed by atoms with van der Waals surface area (Å²) in [6.45, 7) is -1.67. The maximum atomic E-state index is 13.4. The molecular weight excluding hydrogens is 426 g/mol. The van der Waals surface area contributed by atoms with Crippen molar-refractivity contribution in [1.82, 2.24) is 4.90 Å². The van der Waals surface area contributed by atoms with E-state index in [0.29, 0.717) is 42.1 Å². The van der Waals surface area contributed by atoms with Crippen molar-refractivity contribution in [3.05, 3.63) is 64.5 Å². The van der Waals surface area contributed by atoms with Crippen LogP contribution < -0.4 is 4.74 Å². The Kier molecular flexibility index (Phi) is 6.44. The lowest BCUT2D eigenvalue weighted by molar-refractivity contribution is -0.137. The summed E-state index contributed by atoms with van der Waals surface area (Å²) in [7, 11) is 0. The predicted octanol–water partition coefficient (Wildman–Crippen LogP) is 5.84. The zero-order chi connectivity index (χ0) is 24.1. The summed E-state index contributed by atoms with van der Waals surface area (Å²) < 4.78 is 29.0. The fraction of sp³-hybridized carbons (Fsp3) is 0.360. The number of carbonyl (C=O) groups is 2. The Morgan fingerprint density at radius 1 is 1.16 bits per heavy atom. The van der Waals surface area contributed by atoms with Crippen LogP contribution in [-0.4, -0.2) is 34.5 Å². The molecule has 0 saturated heterocycles. The average molecular weight is 456 g/mol. The van der Waals surface area contributed by atoms with Crippen molar-refractivity contribution >= 4 is 23.2 Å². The SMILES string of the molecule is [2H]C([2H])(c1cscc1OCCCCCC(=O)O)N(C(=O)c1ccc(-c2ccco2)cc1)C1CC1. The van der Waals surface area contributed by atoms with Gasteiger partial charge in [0.25, 0.3) is 5.91 Å². The van der Waals surface area contributed by atoms with Crippen LogP contribution in [0.1, 0.15) is 57.2 Å². The number of hydrogen-bond donors (Lipinski definition) is 1. The molecule has 4 rings (SSSR count). The number of thiophene rings is 1. The fourth-order valence-electron chi connectivity index (χ4n) is 3.35. The summed E-state index contributed by atoms with van der Waals surface area (Å²) in [5.41, 5.74) is 1.61. The summed E-state index contributed by atoms with van der Waals surface area (Å²) in [5.74, 6) is -0.0322. The molecule has 0 atom stereocenters. The highest BCUT2D eigenvalue weighted by atomic mass is 32.1. The maximum Gasteiger partial charge on any atom is 0.303 e. The lowest BCUT2D eigenvalue weighted by Crippen LogP contribution is -2.32. The average Bonchev–Trinajstić information content (AvgIpc) is 3.27. The van der Waals surface area contributed by atoms with E-state index < -0.39 is 12.5 Å². The van der Waals surface area contributed by atoms with E-state index in [0.717, 1.165) is 24.8 Å². The first-order chi connectivity index (χ1) is 16.4. The van der Waals surface area contributed by atoms with E-state index in [4.69, 9.17) is 17.0 Å².